The van der Waals surface area contributed by atoms with Gasteiger partial charge in [0, 0.05) is 38.0 Å². The van der Waals surface area contributed by atoms with Crippen LogP contribution >= 0.6 is 0 Å². The lowest BCUT2D eigenvalue weighted by Gasteiger charge is -2.11. The van der Waals surface area contributed by atoms with E-state index >= 15 is 0 Å². The maximum absolute atomic E-state index is 12.3. The number of aromatic nitrogens is 4. The summed E-state index contributed by atoms with van der Waals surface area (Å²) >= 11 is 0. The third-order valence-corrected chi connectivity index (χ3v) is 4.33. The molecule has 0 atom stereocenters. The minimum atomic E-state index is -0.232. The van der Waals surface area contributed by atoms with Crippen molar-refractivity contribution >= 4 is 11.8 Å². The third kappa shape index (κ3) is 4.75. The number of aryl methyl sites for hydroxylation is 4. The quantitative estimate of drug-likeness (QED) is 0.629. The first kappa shape index (κ1) is 18.7. The molecule has 0 bridgehead atoms. The average molecular weight is 366 g/mol. The number of benzene rings is 1. The number of amides is 2. The summed E-state index contributed by atoms with van der Waals surface area (Å²) in [6.45, 7) is 7.46. The molecule has 27 heavy (non-hydrogen) atoms. The van der Waals surface area contributed by atoms with Gasteiger partial charge < -0.3 is 9.88 Å². The van der Waals surface area contributed by atoms with Crippen LogP contribution in [0.2, 0.25) is 0 Å². The zero-order chi connectivity index (χ0) is 19.2. The first-order valence-corrected chi connectivity index (χ1v) is 9.25. The van der Waals surface area contributed by atoms with Gasteiger partial charge in [0.15, 0.2) is 0 Å². The Balaban J connectivity index is 1.54. The van der Waals surface area contributed by atoms with Crippen molar-refractivity contribution in [1.29, 1.82) is 0 Å². The van der Waals surface area contributed by atoms with Gasteiger partial charge in [0.2, 0.25) is 0 Å². The van der Waals surface area contributed by atoms with Gasteiger partial charge in [0.05, 0.1) is 11.4 Å². The molecule has 142 valence electrons. The Morgan fingerprint density at radius 1 is 1.19 bits per heavy atom. The molecule has 0 radical (unpaired) electrons. The summed E-state index contributed by atoms with van der Waals surface area (Å²) in [5.41, 5.74) is 2.94. The minimum absolute atomic E-state index is 0.232. The van der Waals surface area contributed by atoms with Crippen LogP contribution in [0.1, 0.15) is 30.4 Å². The van der Waals surface area contributed by atoms with Gasteiger partial charge in [-0.25, -0.2) is 14.5 Å². The highest BCUT2D eigenvalue weighted by molar-refractivity contribution is 5.88. The lowest BCUT2D eigenvalue weighted by molar-refractivity contribution is 0.251. The second-order valence-corrected chi connectivity index (χ2v) is 6.54. The van der Waals surface area contributed by atoms with E-state index in [0.29, 0.717) is 12.4 Å². The van der Waals surface area contributed by atoms with Crippen LogP contribution in [-0.2, 0) is 13.0 Å². The summed E-state index contributed by atoms with van der Waals surface area (Å²) < 4.78 is 3.86. The molecule has 0 aliphatic rings. The Hall–Kier alpha value is -3.09. The highest BCUT2D eigenvalue weighted by Gasteiger charge is 2.10. The van der Waals surface area contributed by atoms with Crippen molar-refractivity contribution in [3.8, 4) is 5.69 Å². The van der Waals surface area contributed by atoms with Crippen molar-refractivity contribution in [3.63, 3.8) is 0 Å². The van der Waals surface area contributed by atoms with Crippen molar-refractivity contribution in [2.75, 3.05) is 11.9 Å². The summed E-state index contributed by atoms with van der Waals surface area (Å²) in [5, 5.41) is 10.3. The van der Waals surface area contributed by atoms with Crippen LogP contribution in [0.5, 0.6) is 0 Å². The Bertz CT molecular complexity index is 894. The fourth-order valence-electron chi connectivity index (χ4n) is 2.94. The van der Waals surface area contributed by atoms with Crippen molar-refractivity contribution < 1.29 is 4.79 Å². The molecule has 0 saturated heterocycles. The lowest BCUT2D eigenvalue weighted by atomic mass is 10.2. The Kier molecular flexibility index (Phi) is 5.90. The largest absolute Gasteiger partial charge is 0.338 e. The van der Waals surface area contributed by atoms with E-state index < -0.39 is 0 Å². The van der Waals surface area contributed by atoms with E-state index in [9.17, 15) is 4.79 Å². The van der Waals surface area contributed by atoms with Gasteiger partial charge in [0.1, 0.15) is 11.6 Å². The number of nitrogens with zero attached hydrogens (tertiary/aromatic N) is 4. The van der Waals surface area contributed by atoms with Crippen LogP contribution in [0.4, 0.5) is 10.6 Å². The van der Waals surface area contributed by atoms with Gasteiger partial charge in [-0.05, 0) is 32.4 Å². The number of hydrogen-bond acceptors (Lipinski definition) is 3. The van der Waals surface area contributed by atoms with Gasteiger partial charge in [-0.1, -0.05) is 24.6 Å². The van der Waals surface area contributed by atoms with Gasteiger partial charge in [-0.15, -0.1) is 0 Å². The predicted molar refractivity (Wildman–Crippen MR) is 106 cm³/mol. The van der Waals surface area contributed by atoms with Crippen LogP contribution in [0.25, 0.3) is 5.69 Å². The molecule has 0 aliphatic carbocycles. The molecule has 3 aromatic rings. The standard InChI is InChI=1S/C20H26N6O/c1-4-18-21-11-13-25(18)12-5-10-22-20(27)23-19-14-16(3)24-26(19)17-8-6-15(2)7-9-17/h6-9,11,13-14H,4-5,10,12H2,1-3H3,(H2,22,23,27). The van der Waals surface area contributed by atoms with Crippen molar-refractivity contribution in [2.24, 2.45) is 0 Å². The molecule has 3 rings (SSSR count). The second kappa shape index (κ2) is 8.53. The zero-order valence-electron chi connectivity index (χ0n) is 16.1. The minimum Gasteiger partial charge on any atom is -0.338 e. The molecule has 2 heterocycles. The smallest absolute Gasteiger partial charge is 0.320 e. The SMILES string of the molecule is CCc1nccn1CCCNC(=O)Nc1cc(C)nn1-c1ccc(C)cc1. The van der Waals surface area contributed by atoms with Gasteiger partial charge in [0.25, 0.3) is 0 Å². The number of imidazole rings is 1. The van der Waals surface area contributed by atoms with Crippen LogP contribution in [0.3, 0.4) is 0 Å². The molecule has 0 unspecified atom stereocenters. The monoisotopic (exact) mass is 366 g/mol. The molecular weight excluding hydrogens is 340 g/mol. The molecule has 7 nitrogen and oxygen atoms in total. The summed E-state index contributed by atoms with van der Waals surface area (Å²) in [5.74, 6) is 1.72. The van der Waals surface area contributed by atoms with Crippen LogP contribution < -0.4 is 10.6 Å². The molecule has 0 spiro atoms. The van der Waals surface area contributed by atoms with E-state index in [1.807, 2.05) is 56.6 Å². The Labute approximate surface area is 159 Å². The Morgan fingerprint density at radius 2 is 1.96 bits per heavy atom. The van der Waals surface area contributed by atoms with E-state index in [0.717, 1.165) is 36.6 Å². The zero-order valence-corrected chi connectivity index (χ0v) is 16.1. The molecule has 2 aromatic heterocycles. The number of anilines is 1. The van der Waals surface area contributed by atoms with Crippen LogP contribution in [0, 0.1) is 13.8 Å². The number of rotatable bonds is 7. The number of hydrogen-bond donors (Lipinski definition) is 2. The van der Waals surface area contributed by atoms with E-state index in [1.165, 1.54) is 5.56 Å². The summed E-state index contributed by atoms with van der Waals surface area (Å²) in [4.78, 5) is 16.6. The third-order valence-electron chi connectivity index (χ3n) is 4.33. The fraction of sp³-hybridized carbons (Fsp3) is 0.350. The molecule has 2 N–H and O–H groups in total. The molecule has 7 heteroatoms. The van der Waals surface area contributed by atoms with E-state index in [2.05, 4.69) is 32.2 Å². The normalized spacial score (nSPS) is 10.8. The van der Waals surface area contributed by atoms with Gasteiger partial charge >= 0.3 is 6.03 Å². The molecular formula is C20H26N6O. The van der Waals surface area contributed by atoms with E-state index in [4.69, 9.17) is 0 Å². The number of carbonyl (C=O) groups excluding carboxylic acids is 1. The van der Waals surface area contributed by atoms with Crippen molar-refractivity contribution in [1.82, 2.24) is 24.6 Å². The van der Waals surface area contributed by atoms with E-state index in [-0.39, 0.29) is 6.03 Å². The summed E-state index contributed by atoms with van der Waals surface area (Å²) in [6, 6.07) is 9.65. The van der Waals surface area contributed by atoms with Crippen molar-refractivity contribution in [3.05, 3.63) is 59.8 Å². The first-order chi connectivity index (χ1) is 13.1. The summed E-state index contributed by atoms with van der Waals surface area (Å²) in [6.07, 6.45) is 5.53. The highest BCUT2D eigenvalue weighted by Crippen LogP contribution is 2.17. The van der Waals surface area contributed by atoms with Crippen molar-refractivity contribution in [2.45, 2.75) is 40.2 Å². The molecule has 0 saturated carbocycles. The van der Waals surface area contributed by atoms with Crippen LogP contribution in [0.15, 0.2) is 42.7 Å². The van der Waals surface area contributed by atoms with Gasteiger partial charge in [-0.2, -0.15) is 5.10 Å². The first-order valence-electron chi connectivity index (χ1n) is 9.25. The maximum atomic E-state index is 12.3. The Morgan fingerprint density at radius 3 is 2.70 bits per heavy atom. The number of carbonyl (C=O) groups is 1. The molecule has 1 aromatic carbocycles. The topological polar surface area (TPSA) is 76.8 Å². The predicted octanol–water partition coefficient (Wildman–Crippen LogP) is 3.46. The highest BCUT2D eigenvalue weighted by atomic mass is 16.2. The number of urea groups is 1. The fourth-order valence-corrected chi connectivity index (χ4v) is 2.94. The average Bonchev–Trinajstić information content (AvgIpc) is 3.25. The molecule has 0 aliphatic heterocycles. The number of nitrogens with one attached hydrogen (secondary N) is 2. The van der Waals surface area contributed by atoms with Crippen LogP contribution in [-0.4, -0.2) is 31.9 Å². The van der Waals surface area contributed by atoms with E-state index in [1.54, 1.807) is 4.68 Å². The molecule has 0 fully saturated rings. The summed E-state index contributed by atoms with van der Waals surface area (Å²) in [7, 11) is 0. The lowest BCUT2D eigenvalue weighted by Crippen LogP contribution is -2.31. The second-order valence-electron chi connectivity index (χ2n) is 6.54. The van der Waals surface area contributed by atoms with Gasteiger partial charge in [-0.3, -0.25) is 5.32 Å². The molecule has 2 amide bonds. The maximum Gasteiger partial charge on any atom is 0.320 e.